The molecule has 100 valence electrons. The summed E-state index contributed by atoms with van der Waals surface area (Å²) in [6.07, 6.45) is 2.04. The number of nitrogens with one attached hydrogen (secondary N) is 2. The van der Waals surface area contributed by atoms with E-state index in [-0.39, 0.29) is 16.6 Å². The number of H-pyrrole nitrogens is 1. The summed E-state index contributed by atoms with van der Waals surface area (Å²) < 4.78 is 0. The van der Waals surface area contributed by atoms with E-state index in [0.717, 1.165) is 12.0 Å². The fraction of sp³-hybridized carbons (Fsp3) is 0.231. The second-order valence-electron chi connectivity index (χ2n) is 4.08. The van der Waals surface area contributed by atoms with Crippen molar-refractivity contribution in [3.8, 4) is 0 Å². The lowest BCUT2D eigenvalue weighted by atomic mass is 10.1. The van der Waals surface area contributed by atoms with Crippen LogP contribution >= 0.6 is 23.2 Å². The average molecular weight is 298 g/mol. The first-order valence-corrected chi connectivity index (χ1v) is 6.71. The molecule has 0 radical (unpaired) electrons. The van der Waals surface area contributed by atoms with Gasteiger partial charge >= 0.3 is 0 Å². The summed E-state index contributed by atoms with van der Waals surface area (Å²) in [5.41, 5.74) is 0.786. The molecule has 0 aliphatic rings. The third kappa shape index (κ3) is 3.72. The van der Waals surface area contributed by atoms with Gasteiger partial charge < -0.3 is 10.3 Å². The van der Waals surface area contributed by atoms with Gasteiger partial charge in [0.05, 0.1) is 6.33 Å². The average Bonchev–Trinajstić information content (AvgIpc) is 2.44. The van der Waals surface area contributed by atoms with Gasteiger partial charge in [-0.1, -0.05) is 41.9 Å². The Bertz CT molecular complexity index is 586. The van der Waals surface area contributed by atoms with Gasteiger partial charge in [0.15, 0.2) is 5.82 Å². The van der Waals surface area contributed by atoms with Crippen LogP contribution in [0.4, 0.5) is 5.82 Å². The van der Waals surface area contributed by atoms with Crippen LogP contribution in [0.2, 0.25) is 5.02 Å². The number of anilines is 1. The minimum atomic E-state index is -0.368. The van der Waals surface area contributed by atoms with Crippen LogP contribution < -0.4 is 10.9 Å². The van der Waals surface area contributed by atoms with Gasteiger partial charge in [-0.3, -0.25) is 4.79 Å². The predicted molar refractivity (Wildman–Crippen MR) is 78.1 cm³/mol. The lowest BCUT2D eigenvalue weighted by Gasteiger charge is -2.17. The van der Waals surface area contributed by atoms with E-state index < -0.39 is 0 Å². The number of aromatic nitrogens is 2. The first kappa shape index (κ1) is 13.9. The Labute approximate surface area is 120 Å². The van der Waals surface area contributed by atoms with Gasteiger partial charge in [0, 0.05) is 11.9 Å². The molecule has 1 aromatic heterocycles. The summed E-state index contributed by atoms with van der Waals surface area (Å²) in [7, 11) is 0. The van der Waals surface area contributed by atoms with Crippen molar-refractivity contribution in [2.45, 2.75) is 12.5 Å². The molecule has 0 fully saturated rings. The number of rotatable bonds is 5. The van der Waals surface area contributed by atoms with Gasteiger partial charge in [-0.05, 0) is 12.0 Å². The number of hydrogen-bond donors (Lipinski definition) is 2. The van der Waals surface area contributed by atoms with Crippen LogP contribution in [0.5, 0.6) is 0 Å². The monoisotopic (exact) mass is 297 g/mol. The molecule has 1 atom stereocenters. The highest BCUT2D eigenvalue weighted by Crippen LogP contribution is 2.15. The molecule has 0 bridgehead atoms. The largest absolute Gasteiger partial charge is 0.364 e. The van der Waals surface area contributed by atoms with Crippen molar-refractivity contribution in [2.24, 2.45) is 0 Å². The van der Waals surface area contributed by atoms with Gasteiger partial charge in [0.1, 0.15) is 5.02 Å². The molecular formula is C13H13Cl2N3O. The standard InChI is InChI=1S/C13H13Cl2N3O/c14-7-10(6-9-4-2-1-3-5-9)18-12-11(15)13(19)17-8-16-12/h1-5,8,10H,6-7H2,(H2,16,17,18,19). The molecule has 0 saturated heterocycles. The van der Waals surface area contributed by atoms with E-state index in [4.69, 9.17) is 23.2 Å². The highest BCUT2D eigenvalue weighted by Gasteiger charge is 2.12. The van der Waals surface area contributed by atoms with Gasteiger partial charge in [0.2, 0.25) is 0 Å². The van der Waals surface area contributed by atoms with Crippen LogP contribution in [-0.2, 0) is 6.42 Å². The Hall–Kier alpha value is -1.52. The summed E-state index contributed by atoms with van der Waals surface area (Å²) in [6.45, 7) is 0. The molecule has 6 heteroatoms. The SMILES string of the molecule is O=c1[nH]cnc(NC(CCl)Cc2ccccc2)c1Cl. The number of benzene rings is 1. The molecule has 1 unspecified atom stereocenters. The zero-order chi connectivity index (χ0) is 13.7. The second kappa shape index (κ2) is 6.59. The Morgan fingerprint density at radius 3 is 2.74 bits per heavy atom. The minimum absolute atomic E-state index is 0.0455. The summed E-state index contributed by atoms with van der Waals surface area (Å²) in [5.74, 6) is 0.742. The fourth-order valence-electron chi connectivity index (χ4n) is 1.72. The number of alkyl halides is 1. The summed E-state index contributed by atoms with van der Waals surface area (Å²) >= 11 is 11.8. The van der Waals surface area contributed by atoms with Gasteiger partial charge in [-0.25, -0.2) is 4.98 Å². The molecule has 2 aromatic rings. The van der Waals surface area contributed by atoms with Crippen molar-refractivity contribution in [1.29, 1.82) is 0 Å². The molecule has 4 nitrogen and oxygen atoms in total. The van der Waals surface area contributed by atoms with Crippen LogP contribution in [0.1, 0.15) is 5.56 Å². The summed E-state index contributed by atoms with van der Waals surface area (Å²) in [6, 6.07) is 9.90. The van der Waals surface area contributed by atoms with Crippen LogP contribution in [0.3, 0.4) is 0 Å². The number of aromatic amines is 1. The first-order valence-electron chi connectivity index (χ1n) is 5.80. The normalized spacial score (nSPS) is 12.1. The lowest BCUT2D eigenvalue weighted by Crippen LogP contribution is -2.26. The maximum atomic E-state index is 11.4. The topological polar surface area (TPSA) is 57.8 Å². The van der Waals surface area contributed by atoms with E-state index >= 15 is 0 Å². The Kier molecular flexibility index (Phi) is 4.82. The van der Waals surface area contributed by atoms with Gasteiger partial charge in [-0.15, -0.1) is 11.6 Å². The van der Waals surface area contributed by atoms with Gasteiger partial charge in [-0.2, -0.15) is 0 Å². The van der Waals surface area contributed by atoms with E-state index in [2.05, 4.69) is 15.3 Å². The lowest BCUT2D eigenvalue weighted by molar-refractivity contribution is 0.789. The Morgan fingerprint density at radius 1 is 1.32 bits per heavy atom. The van der Waals surface area contributed by atoms with Crippen molar-refractivity contribution in [1.82, 2.24) is 9.97 Å². The Balaban J connectivity index is 2.11. The van der Waals surface area contributed by atoms with Crippen molar-refractivity contribution in [3.63, 3.8) is 0 Å². The van der Waals surface area contributed by atoms with E-state index in [1.165, 1.54) is 6.33 Å². The molecule has 2 rings (SSSR count). The van der Waals surface area contributed by atoms with E-state index in [0.29, 0.717) is 11.7 Å². The van der Waals surface area contributed by atoms with Crippen LogP contribution in [0.25, 0.3) is 0 Å². The van der Waals surface area contributed by atoms with Crippen molar-refractivity contribution in [2.75, 3.05) is 11.2 Å². The maximum absolute atomic E-state index is 11.4. The van der Waals surface area contributed by atoms with E-state index in [1.54, 1.807) is 0 Å². The molecule has 0 aliphatic carbocycles. The minimum Gasteiger partial charge on any atom is -0.364 e. The summed E-state index contributed by atoms with van der Waals surface area (Å²) in [4.78, 5) is 17.8. The molecule has 2 N–H and O–H groups in total. The molecule has 0 saturated carbocycles. The predicted octanol–water partition coefficient (Wildman–Crippen LogP) is 2.69. The third-order valence-electron chi connectivity index (χ3n) is 2.65. The van der Waals surface area contributed by atoms with E-state index in [9.17, 15) is 4.79 Å². The van der Waals surface area contributed by atoms with Gasteiger partial charge in [0.25, 0.3) is 5.56 Å². The quantitative estimate of drug-likeness (QED) is 0.834. The second-order valence-corrected chi connectivity index (χ2v) is 4.77. The molecule has 0 spiro atoms. The first-order chi connectivity index (χ1) is 9.20. The highest BCUT2D eigenvalue weighted by atomic mass is 35.5. The van der Waals surface area contributed by atoms with Crippen LogP contribution in [-0.4, -0.2) is 21.9 Å². The molecule has 1 aromatic carbocycles. The summed E-state index contributed by atoms with van der Waals surface area (Å²) in [5, 5.41) is 3.14. The molecule has 1 heterocycles. The fourth-order valence-corrected chi connectivity index (χ4v) is 2.06. The Morgan fingerprint density at radius 2 is 2.05 bits per heavy atom. The molecule has 0 amide bonds. The molecule has 19 heavy (non-hydrogen) atoms. The van der Waals surface area contributed by atoms with Crippen molar-refractivity contribution >= 4 is 29.0 Å². The highest BCUT2D eigenvalue weighted by molar-refractivity contribution is 6.32. The number of hydrogen-bond acceptors (Lipinski definition) is 3. The van der Waals surface area contributed by atoms with Crippen LogP contribution in [0, 0.1) is 0 Å². The zero-order valence-electron chi connectivity index (χ0n) is 10.1. The molecule has 0 aliphatic heterocycles. The molecular weight excluding hydrogens is 285 g/mol. The third-order valence-corrected chi connectivity index (χ3v) is 3.37. The number of nitrogens with zero attached hydrogens (tertiary/aromatic N) is 1. The van der Waals surface area contributed by atoms with Crippen molar-refractivity contribution in [3.05, 3.63) is 57.6 Å². The zero-order valence-corrected chi connectivity index (χ0v) is 11.6. The smallest absolute Gasteiger partial charge is 0.271 e. The maximum Gasteiger partial charge on any atom is 0.271 e. The van der Waals surface area contributed by atoms with Crippen molar-refractivity contribution < 1.29 is 0 Å². The van der Waals surface area contributed by atoms with E-state index in [1.807, 2.05) is 30.3 Å². The van der Waals surface area contributed by atoms with Crippen LogP contribution in [0.15, 0.2) is 41.5 Å². The number of halogens is 2.